The van der Waals surface area contributed by atoms with Gasteiger partial charge in [-0.15, -0.1) is 0 Å². The fourth-order valence-corrected chi connectivity index (χ4v) is 1.55. The Labute approximate surface area is 108 Å². The fourth-order valence-electron chi connectivity index (χ4n) is 1.55. The van der Waals surface area contributed by atoms with Crippen LogP contribution >= 0.6 is 0 Å². The first kappa shape index (κ1) is 15.5. The third kappa shape index (κ3) is 5.77. The Morgan fingerprint density at radius 1 is 1.32 bits per heavy atom. The molecular weight excluding hydrogens is 267 g/mol. The van der Waals surface area contributed by atoms with Gasteiger partial charge in [0.15, 0.2) is 0 Å². The smallest absolute Gasteiger partial charge is 0.378 e. The van der Waals surface area contributed by atoms with Gasteiger partial charge in [-0.3, -0.25) is 4.79 Å². The third-order valence-corrected chi connectivity index (χ3v) is 2.49. The van der Waals surface area contributed by atoms with Crippen LogP contribution in [0.3, 0.4) is 0 Å². The minimum absolute atomic E-state index is 0.342. The Morgan fingerprint density at radius 2 is 1.89 bits per heavy atom. The Hall–Kier alpha value is -1.51. The SMILES string of the molecule is CC(NC(=O)NCC(F)(F)F)C(=O)N1CCOCC1. The molecule has 0 saturated carbocycles. The summed E-state index contributed by atoms with van der Waals surface area (Å²) in [4.78, 5) is 24.5. The lowest BCUT2D eigenvalue weighted by molar-refractivity contribution is -0.136. The van der Waals surface area contributed by atoms with E-state index < -0.39 is 24.8 Å². The van der Waals surface area contributed by atoms with E-state index in [2.05, 4.69) is 5.32 Å². The number of morpholine rings is 1. The molecule has 0 radical (unpaired) electrons. The zero-order valence-electron chi connectivity index (χ0n) is 10.4. The van der Waals surface area contributed by atoms with Crippen molar-refractivity contribution >= 4 is 11.9 Å². The van der Waals surface area contributed by atoms with Crippen LogP contribution in [-0.4, -0.2) is 61.9 Å². The summed E-state index contributed by atoms with van der Waals surface area (Å²) in [6.45, 7) is 1.64. The molecule has 1 unspecified atom stereocenters. The summed E-state index contributed by atoms with van der Waals surface area (Å²) in [5.41, 5.74) is 0. The van der Waals surface area contributed by atoms with Crippen LogP contribution in [-0.2, 0) is 9.53 Å². The number of amides is 3. The summed E-state index contributed by atoms with van der Waals surface area (Å²) in [6, 6.07) is -1.90. The molecule has 9 heteroatoms. The van der Waals surface area contributed by atoms with Crippen LogP contribution < -0.4 is 10.6 Å². The van der Waals surface area contributed by atoms with Crippen molar-refractivity contribution in [3.8, 4) is 0 Å². The van der Waals surface area contributed by atoms with Crippen LogP contribution in [0.2, 0.25) is 0 Å². The molecular formula is C10H16F3N3O3. The predicted molar refractivity (Wildman–Crippen MR) is 59.5 cm³/mol. The molecule has 1 fully saturated rings. The van der Waals surface area contributed by atoms with Gasteiger partial charge >= 0.3 is 12.2 Å². The molecule has 2 N–H and O–H groups in total. The van der Waals surface area contributed by atoms with E-state index >= 15 is 0 Å². The maximum Gasteiger partial charge on any atom is 0.405 e. The minimum atomic E-state index is -4.48. The van der Waals surface area contributed by atoms with Crippen molar-refractivity contribution in [2.75, 3.05) is 32.8 Å². The van der Waals surface area contributed by atoms with Gasteiger partial charge in [-0.2, -0.15) is 13.2 Å². The van der Waals surface area contributed by atoms with Gasteiger partial charge < -0.3 is 20.3 Å². The number of ether oxygens (including phenoxy) is 1. The zero-order chi connectivity index (χ0) is 14.5. The van der Waals surface area contributed by atoms with Gasteiger partial charge in [0.2, 0.25) is 5.91 Å². The Morgan fingerprint density at radius 3 is 2.42 bits per heavy atom. The standard InChI is InChI=1S/C10H16F3N3O3/c1-7(8(17)16-2-4-19-5-3-16)15-9(18)14-6-10(11,12)13/h7H,2-6H2,1H3,(H2,14,15,18). The zero-order valence-corrected chi connectivity index (χ0v) is 10.4. The van der Waals surface area contributed by atoms with Crippen LogP contribution in [0, 0.1) is 0 Å². The maximum absolute atomic E-state index is 11.9. The van der Waals surface area contributed by atoms with Crippen molar-refractivity contribution in [2.45, 2.75) is 19.1 Å². The van der Waals surface area contributed by atoms with E-state index in [0.29, 0.717) is 26.3 Å². The van der Waals surface area contributed by atoms with Gasteiger partial charge in [0.05, 0.1) is 13.2 Å². The Kier molecular flexibility index (Phi) is 5.40. The largest absolute Gasteiger partial charge is 0.405 e. The van der Waals surface area contributed by atoms with Crippen molar-refractivity contribution < 1.29 is 27.5 Å². The summed E-state index contributed by atoms with van der Waals surface area (Å²) >= 11 is 0. The Bertz CT molecular complexity index is 330. The van der Waals surface area contributed by atoms with Gasteiger partial charge in [-0.25, -0.2) is 4.79 Å². The molecule has 110 valence electrons. The average Bonchev–Trinajstić information content (AvgIpc) is 2.35. The molecule has 0 bridgehead atoms. The van der Waals surface area contributed by atoms with E-state index in [0.717, 1.165) is 0 Å². The number of hydrogen-bond donors (Lipinski definition) is 2. The molecule has 1 rings (SSSR count). The predicted octanol–water partition coefficient (Wildman–Crippen LogP) is 0.0952. The van der Waals surface area contributed by atoms with Gasteiger partial charge in [0.1, 0.15) is 12.6 Å². The molecule has 3 amide bonds. The molecule has 0 aliphatic carbocycles. The van der Waals surface area contributed by atoms with E-state index in [-0.39, 0.29) is 5.91 Å². The second-order valence-electron chi connectivity index (χ2n) is 4.10. The number of nitrogens with zero attached hydrogens (tertiary/aromatic N) is 1. The van der Waals surface area contributed by atoms with E-state index in [4.69, 9.17) is 4.74 Å². The highest BCUT2D eigenvalue weighted by atomic mass is 19.4. The molecule has 0 spiro atoms. The van der Waals surface area contributed by atoms with Crippen molar-refractivity contribution in [1.82, 2.24) is 15.5 Å². The highest BCUT2D eigenvalue weighted by Crippen LogP contribution is 2.11. The van der Waals surface area contributed by atoms with Crippen LogP contribution in [0.15, 0.2) is 0 Å². The van der Waals surface area contributed by atoms with Crippen LogP contribution in [0.4, 0.5) is 18.0 Å². The summed E-state index contributed by atoms with van der Waals surface area (Å²) < 4.78 is 40.7. The molecule has 1 aliphatic heterocycles. The summed E-state index contributed by atoms with van der Waals surface area (Å²) in [7, 11) is 0. The van der Waals surface area contributed by atoms with Crippen molar-refractivity contribution in [3.05, 3.63) is 0 Å². The van der Waals surface area contributed by atoms with E-state index in [1.807, 2.05) is 0 Å². The van der Waals surface area contributed by atoms with E-state index in [1.165, 1.54) is 11.8 Å². The maximum atomic E-state index is 11.9. The molecule has 19 heavy (non-hydrogen) atoms. The number of nitrogens with one attached hydrogen (secondary N) is 2. The lowest BCUT2D eigenvalue weighted by Crippen LogP contribution is -2.53. The quantitative estimate of drug-likeness (QED) is 0.771. The number of rotatable bonds is 3. The first-order valence-electron chi connectivity index (χ1n) is 5.77. The molecule has 1 saturated heterocycles. The van der Waals surface area contributed by atoms with Gasteiger partial charge in [-0.05, 0) is 6.92 Å². The minimum Gasteiger partial charge on any atom is -0.378 e. The number of carbonyl (C=O) groups is 2. The monoisotopic (exact) mass is 283 g/mol. The van der Waals surface area contributed by atoms with Crippen molar-refractivity contribution in [1.29, 1.82) is 0 Å². The molecule has 1 aliphatic rings. The van der Waals surface area contributed by atoms with Crippen LogP contribution in [0.25, 0.3) is 0 Å². The summed E-state index contributed by atoms with van der Waals surface area (Å²) in [5, 5.41) is 3.81. The number of halogens is 3. The molecule has 1 heterocycles. The van der Waals surface area contributed by atoms with Crippen LogP contribution in [0.5, 0.6) is 0 Å². The van der Waals surface area contributed by atoms with E-state index in [1.54, 1.807) is 5.32 Å². The molecule has 0 aromatic rings. The molecule has 0 aromatic heterocycles. The number of urea groups is 1. The molecule has 6 nitrogen and oxygen atoms in total. The third-order valence-electron chi connectivity index (χ3n) is 2.49. The van der Waals surface area contributed by atoms with Gasteiger partial charge in [0.25, 0.3) is 0 Å². The second-order valence-corrected chi connectivity index (χ2v) is 4.10. The highest BCUT2D eigenvalue weighted by Gasteiger charge is 2.29. The van der Waals surface area contributed by atoms with Gasteiger partial charge in [-0.1, -0.05) is 0 Å². The fraction of sp³-hybridized carbons (Fsp3) is 0.800. The lowest BCUT2D eigenvalue weighted by atomic mass is 10.2. The van der Waals surface area contributed by atoms with E-state index in [9.17, 15) is 22.8 Å². The topological polar surface area (TPSA) is 70.7 Å². The molecule has 0 aromatic carbocycles. The summed E-state index contributed by atoms with van der Waals surface area (Å²) in [5.74, 6) is -0.342. The number of hydrogen-bond acceptors (Lipinski definition) is 3. The second kappa shape index (κ2) is 6.60. The average molecular weight is 283 g/mol. The first-order valence-corrected chi connectivity index (χ1v) is 5.77. The Balaban J connectivity index is 2.34. The van der Waals surface area contributed by atoms with Crippen LogP contribution in [0.1, 0.15) is 6.92 Å². The lowest BCUT2D eigenvalue weighted by Gasteiger charge is -2.29. The van der Waals surface area contributed by atoms with Gasteiger partial charge in [0, 0.05) is 13.1 Å². The number of carbonyl (C=O) groups excluding carboxylic acids is 2. The normalized spacial score (nSPS) is 17.8. The number of alkyl halides is 3. The highest BCUT2D eigenvalue weighted by molar-refractivity contribution is 5.86. The first-order chi connectivity index (χ1) is 8.79. The molecule has 1 atom stereocenters. The van der Waals surface area contributed by atoms with Crippen molar-refractivity contribution in [3.63, 3.8) is 0 Å². The van der Waals surface area contributed by atoms with Crippen molar-refractivity contribution in [2.24, 2.45) is 0 Å². The summed E-state index contributed by atoms with van der Waals surface area (Å²) in [6.07, 6.45) is -4.48.